The fraction of sp³-hybridized carbons (Fsp3) is 0.500. The molecule has 0 fully saturated rings. The fourth-order valence-corrected chi connectivity index (χ4v) is 2.05. The highest BCUT2D eigenvalue weighted by molar-refractivity contribution is 5.70. The number of fused-ring (bicyclic) bond motifs is 1. The second-order valence-electron chi connectivity index (χ2n) is 4.25. The molecule has 5 nitrogen and oxygen atoms in total. The number of benzene rings is 1. The zero-order valence-corrected chi connectivity index (χ0v) is 11.3. The first-order valence-corrected chi connectivity index (χ1v) is 6.47. The van der Waals surface area contributed by atoms with Gasteiger partial charge in [0.15, 0.2) is 11.5 Å². The number of nitrogens with one attached hydrogen (secondary N) is 1. The SMILES string of the molecule is CCOC(=O)CC(NC)c1ccc2c(c1)OCCO2. The highest BCUT2D eigenvalue weighted by atomic mass is 16.6. The van der Waals surface area contributed by atoms with Crippen LogP contribution in [0.25, 0.3) is 0 Å². The van der Waals surface area contributed by atoms with Gasteiger partial charge < -0.3 is 19.5 Å². The summed E-state index contributed by atoms with van der Waals surface area (Å²) in [6.45, 7) is 3.33. The molecule has 19 heavy (non-hydrogen) atoms. The van der Waals surface area contributed by atoms with Gasteiger partial charge in [0.25, 0.3) is 0 Å². The molecule has 0 saturated heterocycles. The molecule has 1 unspecified atom stereocenters. The lowest BCUT2D eigenvalue weighted by Crippen LogP contribution is -2.22. The number of hydrogen-bond acceptors (Lipinski definition) is 5. The van der Waals surface area contributed by atoms with Gasteiger partial charge in [-0.2, -0.15) is 0 Å². The fourth-order valence-electron chi connectivity index (χ4n) is 2.05. The summed E-state index contributed by atoms with van der Waals surface area (Å²) in [5.74, 6) is 1.27. The van der Waals surface area contributed by atoms with Gasteiger partial charge in [-0.25, -0.2) is 0 Å². The summed E-state index contributed by atoms with van der Waals surface area (Å²) < 4.78 is 16.0. The zero-order chi connectivity index (χ0) is 13.7. The molecule has 0 aromatic heterocycles. The number of carbonyl (C=O) groups is 1. The Morgan fingerprint density at radius 2 is 2.11 bits per heavy atom. The smallest absolute Gasteiger partial charge is 0.307 e. The Bertz CT molecular complexity index is 447. The average Bonchev–Trinajstić information content (AvgIpc) is 2.44. The van der Waals surface area contributed by atoms with Crippen molar-refractivity contribution in [2.75, 3.05) is 26.9 Å². The number of hydrogen-bond donors (Lipinski definition) is 1. The van der Waals surface area contributed by atoms with Crippen LogP contribution in [-0.2, 0) is 9.53 Å². The molecule has 1 N–H and O–H groups in total. The minimum absolute atomic E-state index is 0.0881. The molecule has 1 aliphatic rings. The maximum absolute atomic E-state index is 11.6. The van der Waals surface area contributed by atoms with Crippen LogP contribution in [0.3, 0.4) is 0 Å². The van der Waals surface area contributed by atoms with Crippen LogP contribution in [0, 0.1) is 0 Å². The average molecular weight is 265 g/mol. The Morgan fingerprint density at radius 1 is 1.37 bits per heavy atom. The lowest BCUT2D eigenvalue weighted by Gasteiger charge is -2.21. The standard InChI is InChI=1S/C14H19NO4/c1-3-17-14(16)9-11(15-2)10-4-5-12-13(8-10)19-7-6-18-12/h4-5,8,11,15H,3,6-7,9H2,1-2H3. The van der Waals surface area contributed by atoms with Crippen LogP contribution < -0.4 is 14.8 Å². The molecule has 0 amide bonds. The van der Waals surface area contributed by atoms with Gasteiger partial charge in [-0.3, -0.25) is 4.79 Å². The van der Waals surface area contributed by atoms with E-state index in [2.05, 4.69) is 5.32 Å². The van der Waals surface area contributed by atoms with Crippen molar-refractivity contribution >= 4 is 5.97 Å². The molecule has 1 aromatic rings. The van der Waals surface area contributed by atoms with Gasteiger partial charge in [0.2, 0.25) is 0 Å². The summed E-state index contributed by atoms with van der Waals surface area (Å²) >= 11 is 0. The van der Waals surface area contributed by atoms with Crippen LogP contribution >= 0.6 is 0 Å². The van der Waals surface area contributed by atoms with Crippen molar-refractivity contribution < 1.29 is 19.0 Å². The summed E-state index contributed by atoms with van der Waals surface area (Å²) in [7, 11) is 1.82. The first-order valence-electron chi connectivity index (χ1n) is 6.47. The molecule has 0 radical (unpaired) electrons. The summed E-state index contributed by atoms with van der Waals surface area (Å²) in [6.07, 6.45) is 0.296. The Kier molecular flexibility index (Phi) is 4.63. The molecule has 104 valence electrons. The van der Waals surface area contributed by atoms with Crippen molar-refractivity contribution in [2.24, 2.45) is 0 Å². The predicted octanol–water partition coefficient (Wildman–Crippen LogP) is 1.67. The van der Waals surface area contributed by atoms with E-state index in [1.807, 2.05) is 25.2 Å². The normalized spacial score (nSPS) is 14.8. The van der Waals surface area contributed by atoms with Crippen molar-refractivity contribution in [1.29, 1.82) is 0 Å². The molecular formula is C14H19NO4. The van der Waals surface area contributed by atoms with E-state index in [0.717, 1.165) is 17.1 Å². The zero-order valence-electron chi connectivity index (χ0n) is 11.3. The van der Waals surface area contributed by atoms with Crippen LogP contribution in [-0.4, -0.2) is 32.8 Å². The van der Waals surface area contributed by atoms with Crippen LogP contribution in [0.15, 0.2) is 18.2 Å². The first-order chi connectivity index (χ1) is 9.24. The second-order valence-corrected chi connectivity index (χ2v) is 4.25. The molecular weight excluding hydrogens is 246 g/mol. The number of ether oxygens (including phenoxy) is 3. The van der Waals surface area contributed by atoms with Crippen molar-refractivity contribution in [3.8, 4) is 11.5 Å². The first kappa shape index (κ1) is 13.7. The lowest BCUT2D eigenvalue weighted by molar-refractivity contribution is -0.143. The maximum atomic E-state index is 11.6. The molecule has 0 spiro atoms. The van der Waals surface area contributed by atoms with Crippen molar-refractivity contribution in [3.63, 3.8) is 0 Å². The number of rotatable bonds is 5. The predicted molar refractivity (Wildman–Crippen MR) is 70.5 cm³/mol. The van der Waals surface area contributed by atoms with E-state index >= 15 is 0 Å². The molecule has 2 rings (SSSR count). The summed E-state index contributed by atoms with van der Waals surface area (Å²) in [4.78, 5) is 11.6. The van der Waals surface area contributed by atoms with Crippen molar-refractivity contribution in [2.45, 2.75) is 19.4 Å². The van der Waals surface area contributed by atoms with Crippen LogP contribution in [0.2, 0.25) is 0 Å². The second kappa shape index (κ2) is 6.43. The Morgan fingerprint density at radius 3 is 2.79 bits per heavy atom. The van der Waals surface area contributed by atoms with Crippen LogP contribution in [0.4, 0.5) is 0 Å². The van der Waals surface area contributed by atoms with E-state index in [1.165, 1.54) is 0 Å². The largest absolute Gasteiger partial charge is 0.486 e. The highest BCUT2D eigenvalue weighted by Gasteiger charge is 2.18. The molecule has 1 heterocycles. The minimum Gasteiger partial charge on any atom is -0.486 e. The molecule has 0 saturated carbocycles. The number of esters is 1. The third-order valence-electron chi connectivity index (χ3n) is 2.99. The van der Waals surface area contributed by atoms with Crippen molar-refractivity contribution in [1.82, 2.24) is 5.32 Å². The van der Waals surface area contributed by atoms with E-state index in [1.54, 1.807) is 6.92 Å². The van der Waals surface area contributed by atoms with Gasteiger partial charge in [0, 0.05) is 6.04 Å². The molecule has 1 aliphatic heterocycles. The van der Waals surface area contributed by atoms with Gasteiger partial charge in [-0.15, -0.1) is 0 Å². The summed E-state index contributed by atoms with van der Waals surface area (Å²) in [6, 6.07) is 5.64. The van der Waals surface area contributed by atoms with Gasteiger partial charge in [-0.05, 0) is 31.7 Å². The van der Waals surface area contributed by atoms with Gasteiger partial charge in [-0.1, -0.05) is 6.07 Å². The Hall–Kier alpha value is -1.75. The van der Waals surface area contributed by atoms with Crippen LogP contribution in [0.5, 0.6) is 11.5 Å². The van der Waals surface area contributed by atoms with Crippen molar-refractivity contribution in [3.05, 3.63) is 23.8 Å². The van der Waals surface area contributed by atoms with E-state index < -0.39 is 0 Å². The maximum Gasteiger partial charge on any atom is 0.307 e. The molecule has 5 heteroatoms. The van der Waals surface area contributed by atoms with E-state index in [-0.39, 0.29) is 12.0 Å². The van der Waals surface area contributed by atoms with Gasteiger partial charge in [0.1, 0.15) is 13.2 Å². The van der Waals surface area contributed by atoms with E-state index in [0.29, 0.717) is 26.2 Å². The van der Waals surface area contributed by atoms with Crippen LogP contribution in [0.1, 0.15) is 24.9 Å². The Labute approximate surface area is 112 Å². The lowest BCUT2D eigenvalue weighted by atomic mass is 10.0. The van der Waals surface area contributed by atoms with Gasteiger partial charge >= 0.3 is 5.97 Å². The quantitative estimate of drug-likeness (QED) is 0.821. The molecule has 0 aliphatic carbocycles. The van der Waals surface area contributed by atoms with Gasteiger partial charge in [0.05, 0.1) is 13.0 Å². The Balaban J connectivity index is 2.12. The molecule has 1 atom stereocenters. The number of carbonyl (C=O) groups excluding carboxylic acids is 1. The minimum atomic E-state index is -0.211. The van der Waals surface area contributed by atoms with E-state index in [9.17, 15) is 4.79 Å². The molecule has 0 bridgehead atoms. The topological polar surface area (TPSA) is 56.8 Å². The van der Waals surface area contributed by atoms with E-state index in [4.69, 9.17) is 14.2 Å². The molecule has 1 aromatic carbocycles. The summed E-state index contributed by atoms with van der Waals surface area (Å²) in [5, 5.41) is 3.12. The third kappa shape index (κ3) is 3.38. The highest BCUT2D eigenvalue weighted by Crippen LogP contribution is 2.33. The summed E-state index contributed by atoms with van der Waals surface area (Å²) in [5.41, 5.74) is 0.986. The monoisotopic (exact) mass is 265 g/mol. The third-order valence-corrected chi connectivity index (χ3v) is 2.99.